The fraction of sp³-hybridized carbons (Fsp3) is 0.276. The van der Waals surface area contributed by atoms with Crippen LogP contribution in [0.25, 0.3) is 16.6 Å². The van der Waals surface area contributed by atoms with Crippen molar-refractivity contribution in [2.24, 2.45) is 0 Å². The zero-order valence-corrected chi connectivity index (χ0v) is 21.1. The Morgan fingerprint density at radius 2 is 1.67 bits per heavy atom. The zero-order chi connectivity index (χ0) is 25.7. The molecule has 4 aromatic rings. The van der Waals surface area contributed by atoms with Crippen LogP contribution in [0.1, 0.15) is 48.9 Å². The number of benzene rings is 3. The lowest BCUT2D eigenvalue weighted by molar-refractivity contribution is 0.0659. The van der Waals surface area contributed by atoms with Gasteiger partial charge in [-0.1, -0.05) is 32.0 Å². The van der Waals surface area contributed by atoms with Gasteiger partial charge in [0.1, 0.15) is 17.3 Å². The van der Waals surface area contributed by atoms with E-state index in [-0.39, 0.29) is 11.5 Å². The summed E-state index contributed by atoms with van der Waals surface area (Å²) in [6.45, 7) is 4.55. The first-order valence-corrected chi connectivity index (χ1v) is 12.1. The Balaban J connectivity index is 1.92. The standard InChI is InChI=1S/C29H31N3O4/c1-5-18-31(28(33)20-10-9-11-23(19-20)36-4)26(6-2)27-30-25-13-8-7-12-24(25)29(34)32(27)21-14-16-22(35-3)17-15-21/h7-17,19,26H,5-6,18H2,1-4H3/t26-/m1/s1. The van der Waals surface area contributed by atoms with Gasteiger partial charge in [-0.25, -0.2) is 4.98 Å². The molecule has 0 bridgehead atoms. The molecule has 0 N–H and O–H groups in total. The molecule has 1 heterocycles. The van der Waals surface area contributed by atoms with Gasteiger partial charge in [-0.3, -0.25) is 14.2 Å². The van der Waals surface area contributed by atoms with Gasteiger partial charge in [-0.05, 0) is 67.4 Å². The lowest BCUT2D eigenvalue weighted by atomic mass is 10.1. The molecule has 36 heavy (non-hydrogen) atoms. The number of amides is 1. The number of rotatable bonds is 9. The molecule has 1 aromatic heterocycles. The normalized spacial score (nSPS) is 11.8. The lowest BCUT2D eigenvalue weighted by Gasteiger charge is -2.32. The molecule has 0 aliphatic carbocycles. The fourth-order valence-electron chi connectivity index (χ4n) is 4.46. The first kappa shape index (κ1) is 25.0. The topological polar surface area (TPSA) is 73.7 Å². The Kier molecular flexibility index (Phi) is 7.68. The average Bonchev–Trinajstić information content (AvgIpc) is 2.93. The van der Waals surface area contributed by atoms with E-state index in [1.807, 2.05) is 67.3 Å². The molecular weight excluding hydrogens is 454 g/mol. The quantitative estimate of drug-likeness (QED) is 0.317. The van der Waals surface area contributed by atoms with Crippen LogP contribution in [-0.2, 0) is 0 Å². The highest BCUT2D eigenvalue weighted by Crippen LogP contribution is 2.29. The summed E-state index contributed by atoms with van der Waals surface area (Å²) in [4.78, 5) is 34.4. The maximum Gasteiger partial charge on any atom is 0.266 e. The monoisotopic (exact) mass is 485 g/mol. The van der Waals surface area contributed by atoms with Crippen LogP contribution in [0.15, 0.2) is 77.6 Å². The van der Waals surface area contributed by atoms with Gasteiger partial charge in [0.05, 0.1) is 36.9 Å². The maximum atomic E-state index is 13.8. The second-order valence-corrected chi connectivity index (χ2v) is 8.48. The Labute approximate surface area is 210 Å². The summed E-state index contributed by atoms with van der Waals surface area (Å²) in [6.07, 6.45) is 1.34. The van der Waals surface area contributed by atoms with E-state index in [2.05, 4.69) is 0 Å². The minimum atomic E-state index is -0.428. The summed E-state index contributed by atoms with van der Waals surface area (Å²) in [5.74, 6) is 1.70. The van der Waals surface area contributed by atoms with Crippen LogP contribution in [-0.4, -0.2) is 41.1 Å². The van der Waals surface area contributed by atoms with Gasteiger partial charge in [0.15, 0.2) is 0 Å². The van der Waals surface area contributed by atoms with Gasteiger partial charge in [0.2, 0.25) is 0 Å². The van der Waals surface area contributed by atoms with E-state index in [1.165, 1.54) is 0 Å². The van der Waals surface area contributed by atoms with Crippen molar-refractivity contribution in [1.82, 2.24) is 14.5 Å². The molecule has 0 saturated heterocycles. The molecule has 0 unspecified atom stereocenters. The second-order valence-electron chi connectivity index (χ2n) is 8.48. The number of hydrogen-bond donors (Lipinski definition) is 0. The summed E-state index contributed by atoms with van der Waals surface area (Å²) in [5.41, 5.74) is 1.62. The summed E-state index contributed by atoms with van der Waals surface area (Å²) < 4.78 is 12.3. The average molecular weight is 486 g/mol. The lowest BCUT2D eigenvalue weighted by Crippen LogP contribution is -2.39. The number of hydrogen-bond acceptors (Lipinski definition) is 5. The van der Waals surface area contributed by atoms with Gasteiger partial charge in [-0.2, -0.15) is 0 Å². The number of fused-ring (bicyclic) bond motifs is 1. The van der Waals surface area contributed by atoms with Crippen molar-refractivity contribution in [1.29, 1.82) is 0 Å². The molecule has 0 saturated carbocycles. The molecule has 0 radical (unpaired) electrons. The molecule has 3 aromatic carbocycles. The Morgan fingerprint density at radius 1 is 0.944 bits per heavy atom. The number of carbonyl (C=O) groups excluding carboxylic acids is 1. The van der Waals surface area contributed by atoms with Crippen LogP contribution in [0.2, 0.25) is 0 Å². The third-order valence-corrected chi connectivity index (χ3v) is 6.24. The molecular formula is C29H31N3O4. The van der Waals surface area contributed by atoms with E-state index >= 15 is 0 Å². The van der Waals surface area contributed by atoms with Crippen molar-refractivity contribution in [3.8, 4) is 17.2 Å². The molecule has 4 rings (SSSR count). The van der Waals surface area contributed by atoms with E-state index in [0.717, 1.165) is 6.42 Å². The number of ether oxygens (including phenoxy) is 2. The number of nitrogens with zero attached hydrogens (tertiary/aromatic N) is 3. The molecule has 1 atom stereocenters. The Bertz CT molecular complexity index is 1410. The largest absolute Gasteiger partial charge is 0.497 e. The van der Waals surface area contributed by atoms with Crippen molar-refractivity contribution in [2.75, 3.05) is 20.8 Å². The van der Waals surface area contributed by atoms with E-state index in [9.17, 15) is 9.59 Å². The summed E-state index contributed by atoms with van der Waals surface area (Å²) in [7, 11) is 3.18. The highest BCUT2D eigenvalue weighted by molar-refractivity contribution is 5.95. The second kappa shape index (κ2) is 11.1. The number of aromatic nitrogens is 2. The number of methoxy groups -OCH3 is 2. The number of carbonyl (C=O) groups is 1. The minimum absolute atomic E-state index is 0.133. The van der Waals surface area contributed by atoms with Crippen LogP contribution in [0.4, 0.5) is 0 Å². The highest BCUT2D eigenvalue weighted by Gasteiger charge is 2.29. The maximum absolute atomic E-state index is 13.8. The van der Waals surface area contributed by atoms with Gasteiger partial charge >= 0.3 is 0 Å². The van der Waals surface area contributed by atoms with Crippen molar-refractivity contribution in [2.45, 2.75) is 32.7 Å². The molecule has 1 amide bonds. The van der Waals surface area contributed by atoms with Crippen LogP contribution in [0, 0.1) is 0 Å². The third kappa shape index (κ3) is 4.82. The molecule has 0 aliphatic heterocycles. The van der Waals surface area contributed by atoms with Crippen LogP contribution >= 0.6 is 0 Å². The molecule has 0 spiro atoms. The van der Waals surface area contributed by atoms with Gasteiger partial charge < -0.3 is 14.4 Å². The predicted molar refractivity (Wildman–Crippen MR) is 141 cm³/mol. The third-order valence-electron chi connectivity index (χ3n) is 6.24. The highest BCUT2D eigenvalue weighted by atomic mass is 16.5. The van der Waals surface area contributed by atoms with Crippen molar-refractivity contribution >= 4 is 16.8 Å². The van der Waals surface area contributed by atoms with E-state index < -0.39 is 6.04 Å². The molecule has 186 valence electrons. The fourth-order valence-corrected chi connectivity index (χ4v) is 4.46. The predicted octanol–water partition coefficient (Wildman–Crippen LogP) is 5.41. The van der Waals surface area contributed by atoms with Gasteiger partial charge in [-0.15, -0.1) is 0 Å². The van der Waals surface area contributed by atoms with Crippen molar-refractivity contribution in [3.05, 3.63) is 94.5 Å². The summed E-state index contributed by atoms with van der Waals surface area (Å²) in [5, 5.41) is 0.521. The van der Waals surface area contributed by atoms with Crippen LogP contribution in [0.5, 0.6) is 11.5 Å². The SMILES string of the molecule is CCCN(C(=O)c1cccc(OC)c1)[C@H](CC)c1nc2ccccc2c(=O)n1-c1ccc(OC)cc1. The zero-order valence-electron chi connectivity index (χ0n) is 21.1. The van der Waals surface area contributed by atoms with Crippen molar-refractivity contribution < 1.29 is 14.3 Å². The van der Waals surface area contributed by atoms with Crippen LogP contribution < -0.4 is 15.0 Å². The molecule has 7 heteroatoms. The molecule has 0 aliphatic rings. The summed E-state index contributed by atoms with van der Waals surface area (Å²) >= 11 is 0. The minimum Gasteiger partial charge on any atom is -0.497 e. The van der Waals surface area contributed by atoms with Gasteiger partial charge in [0.25, 0.3) is 11.5 Å². The first-order chi connectivity index (χ1) is 17.5. The smallest absolute Gasteiger partial charge is 0.266 e. The molecule has 0 fully saturated rings. The Hall–Kier alpha value is -4.13. The Morgan fingerprint density at radius 3 is 2.33 bits per heavy atom. The van der Waals surface area contributed by atoms with E-state index in [0.29, 0.717) is 52.4 Å². The summed E-state index contributed by atoms with van der Waals surface area (Å²) in [6, 6.07) is 21.3. The van der Waals surface area contributed by atoms with Crippen LogP contribution in [0.3, 0.4) is 0 Å². The van der Waals surface area contributed by atoms with Crippen molar-refractivity contribution in [3.63, 3.8) is 0 Å². The van der Waals surface area contributed by atoms with Gasteiger partial charge in [0, 0.05) is 12.1 Å². The first-order valence-electron chi connectivity index (χ1n) is 12.1. The van der Waals surface area contributed by atoms with E-state index in [1.54, 1.807) is 43.1 Å². The number of para-hydroxylation sites is 1. The van der Waals surface area contributed by atoms with E-state index in [4.69, 9.17) is 14.5 Å². The molecule has 7 nitrogen and oxygen atoms in total.